The number of fused-ring (bicyclic) bond motifs is 11. The molecular formula is C46H28N2OS. The molecule has 0 aliphatic carbocycles. The smallest absolute Gasteiger partial charge is 0.137 e. The van der Waals surface area contributed by atoms with Crippen LogP contribution in [-0.4, -0.2) is 4.57 Å². The van der Waals surface area contributed by atoms with Gasteiger partial charge in [-0.15, -0.1) is 11.3 Å². The Morgan fingerprint density at radius 1 is 0.440 bits per heavy atom. The fraction of sp³-hybridized carbons (Fsp3) is 0. The number of para-hydroxylation sites is 4. The fourth-order valence-corrected chi connectivity index (χ4v) is 9.31. The zero-order valence-corrected chi connectivity index (χ0v) is 27.7. The zero-order valence-electron chi connectivity index (χ0n) is 26.9. The van der Waals surface area contributed by atoms with Gasteiger partial charge in [-0.3, -0.25) is 0 Å². The lowest BCUT2D eigenvalue weighted by Crippen LogP contribution is -2.11. The first kappa shape index (κ1) is 27.6. The van der Waals surface area contributed by atoms with Crippen LogP contribution in [0.25, 0.3) is 80.4 Å². The molecule has 0 aliphatic heterocycles. The van der Waals surface area contributed by atoms with Gasteiger partial charge in [-0.05, 0) is 59.3 Å². The highest BCUT2D eigenvalue weighted by molar-refractivity contribution is 7.27. The van der Waals surface area contributed by atoms with Crippen LogP contribution in [-0.2, 0) is 0 Å². The number of benzene rings is 8. The topological polar surface area (TPSA) is 21.3 Å². The van der Waals surface area contributed by atoms with Gasteiger partial charge in [0.2, 0.25) is 0 Å². The number of hydrogen-bond donors (Lipinski definition) is 0. The molecular weight excluding hydrogens is 629 g/mol. The van der Waals surface area contributed by atoms with Crippen molar-refractivity contribution in [3.8, 4) is 5.69 Å². The minimum Gasteiger partial charge on any atom is -0.456 e. The quantitative estimate of drug-likeness (QED) is 0.188. The van der Waals surface area contributed by atoms with Gasteiger partial charge in [0.25, 0.3) is 0 Å². The molecule has 0 radical (unpaired) electrons. The van der Waals surface area contributed by atoms with Crippen LogP contribution in [0.5, 0.6) is 0 Å². The molecule has 3 heterocycles. The highest BCUT2D eigenvalue weighted by Gasteiger charge is 2.24. The number of hydrogen-bond acceptors (Lipinski definition) is 3. The summed E-state index contributed by atoms with van der Waals surface area (Å²) in [6.07, 6.45) is 0. The zero-order chi connectivity index (χ0) is 32.8. The monoisotopic (exact) mass is 656 g/mol. The van der Waals surface area contributed by atoms with E-state index in [2.05, 4.69) is 167 Å². The average molecular weight is 657 g/mol. The van der Waals surface area contributed by atoms with Crippen molar-refractivity contribution in [2.45, 2.75) is 0 Å². The number of furan rings is 1. The SMILES string of the molecule is c1ccc(-n2c3ccccc3c3cccc(N(c4ccc5c(c4)oc4ccccc45)c4cccc5c4sc4c6ccccc6ccc54)c32)cc1. The molecule has 11 aromatic rings. The number of anilines is 3. The van der Waals surface area contributed by atoms with E-state index in [0.29, 0.717) is 0 Å². The number of nitrogens with zero attached hydrogens (tertiary/aromatic N) is 2. The van der Waals surface area contributed by atoms with Gasteiger partial charge in [0, 0.05) is 48.8 Å². The second-order valence-corrected chi connectivity index (χ2v) is 13.9. The standard InChI is InChI=1S/C46H28N2OS/c1-2-13-30(14-3-1)48-39-20-8-6-16-33(39)36-18-10-21-40(44(36)48)47(31-25-27-35-34-17-7-9-23-42(34)49-43(35)28-31)41-22-11-19-37-38-26-24-29-12-4-5-15-32(29)45(38)50-46(37)41/h1-28H. The first-order valence-electron chi connectivity index (χ1n) is 16.9. The van der Waals surface area contributed by atoms with E-state index in [4.69, 9.17) is 4.42 Å². The fourth-order valence-electron chi connectivity index (χ4n) is 7.98. The van der Waals surface area contributed by atoms with Gasteiger partial charge in [0.1, 0.15) is 11.2 Å². The van der Waals surface area contributed by atoms with Crippen LogP contribution in [0.4, 0.5) is 17.1 Å². The average Bonchev–Trinajstić information content (AvgIpc) is 3.86. The van der Waals surface area contributed by atoms with Gasteiger partial charge < -0.3 is 13.9 Å². The molecule has 0 N–H and O–H groups in total. The summed E-state index contributed by atoms with van der Waals surface area (Å²) in [5, 5.41) is 9.79. The molecule has 50 heavy (non-hydrogen) atoms. The molecule has 0 bridgehead atoms. The van der Waals surface area contributed by atoms with E-state index in [-0.39, 0.29) is 0 Å². The van der Waals surface area contributed by atoms with Crippen LogP contribution in [0.1, 0.15) is 0 Å². The van der Waals surface area contributed by atoms with E-state index in [1.54, 1.807) is 0 Å². The highest BCUT2D eigenvalue weighted by atomic mass is 32.1. The van der Waals surface area contributed by atoms with E-state index >= 15 is 0 Å². The van der Waals surface area contributed by atoms with Crippen molar-refractivity contribution < 1.29 is 4.42 Å². The summed E-state index contributed by atoms with van der Waals surface area (Å²) in [7, 11) is 0. The number of thiophene rings is 1. The Hall–Kier alpha value is -6.36. The van der Waals surface area contributed by atoms with Crippen LogP contribution in [0.3, 0.4) is 0 Å². The molecule has 0 aliphatic rings. The molecule has 0 spiro atoms. The summed E-state index contributed by atoms with van der Waals surface area (Å²) < 4.78 is 11.5. The number of aromatic nitrogens is 1. The molecule has 8 aromatic carbocycles. The predicted octanol–water partition coefficient (Wildman–Crippen LogP) is 13.7. The predicted molar refractivity (Wildman–Crippen MR) is 213 cm³/mol. The van der Waals surface area contributed by atoms with Crippen molar-refractivity contribution in [2.24, 2.45) is 0 Å². The molecule has 0 saturated carbocycles. The third-order valence-electron chi connectivity index (χ3n) is 10.2. The summed E-state index contributed by atoms with van der Waals surface area (Å²) in [6.45, 7) is 0. The molecule has 3 aromatic heterocycles. The third-order valence-corrected chi connectivity index (χ3v) is 11.4. The van der Waals surface area contributed by atoms with Gasteiger partial charge in [-0.25, -0.2) is 0 Å². The Morgan fingerprint density at radius 2 is 1.10 bits per heavy atom. The van der Waals surface area contributed by atoms with E-state index < -0.39 is 0 Å². The lowest BCUT2D eigenvalue weighted by Gasteiger charge is -2.27. The van der Waals surface area contributed by atoms with Gasteiger partial charge in [-0.2, -0.15) is 0 Å². The Balaban J connectivity index is 1.28. The second kappa shape index (κ2) is 10.6. The van der Waals surface area contributed by atoms with E-state index in [1.165, 1.54) is 47.2 Å². The Labute approximate surface area is 291 Å². The van der Waals surface area contributed by atoms with Crippen LogP contribution in [0, 0.1) is 0 Å². The van der Waals surface area contributed by atoms with Crippen molar-refractivity contribution >= 4 is 103 Å². The van der Waals surface area contributed by atoms with E-state index in [0.717, 1.165) is 50.2 Å². The molecule has 0 fully saturated rings. The summed E-state index contributed by atoms with van der Waals surface area (Å²) in [5.74, 6) is 0. The summed E-state index contributed by atoms with van der Waals surface area (Å²) >= 11 is 1.88. The Bertz CT molecular complexity index is 3110. The first-order valence-corrected chi connectivity index (χ1v) is 17.8. The van der Waals surface area contributed by atoms with E-state index in [9.17, 15) is 0 Å². The van der Waals surface area contributed by atoms with Crippen LogP contribution in [0.15, 0.2) is 174 Å². The van der Waals surface area contributed by atoms with Crippen molar-refractivity contribution in [2.75, 3.05) is 4.90 Å². The Morgan fingerprint density at radius 3 is 2.00 bits per heavy atom. The molecule has 234 valence electrons. The third kappa shape index (κ3) is 3.91. The summed E-state index contributed by atoms with van der Waals surface area (Å²) in [5.41, 5.74) is 8.53. The van der Waals surface area contributed by atoms with Crippen molar-refractivity contribution in [3.63, 3.8) is 0 Å². The van der Waals surface area contributed by atoms with Gasteiger partial charge in [0.15, 0.2) is 0 Å². The van der Waals surface area contributed by atoms with Crippen molar-refractivity contribution in [1.29, 1.82) is 0 Å². The second-order valence-electron chi connectivity index (χ2n) is 12.9. The van der Waals surface area contributed by atoms with E-state index in [1.807, 2.05) is 23.5 Å². The minimum atomic E-state index is 0.874. The molecule has 4 heteroatoms. The van der Waals surface area contributed by atoms with Gasteiger partial charge >= 0.3 is 0 Å². The van der Waals surface area contributed by atoms with Crippen LogP contribution < -0.4 is 4.90 Å². The number of rotatable bonds is 4. The van der Waals surface area contributed by atoms with Crippen molar-refractivity contribution in [1.82, 2.24) is 4.57 Å². The molecule has 0 atom stereocenters. The van der Waals surface area contributed by atoms with Crippen LogP contribution >= 0.6 is 11.3 Å². The maximum atomic E-state index is 6.50. The van der Waals surface area contributed by atoms with Crippen LogP contribution in [0.2, 0.25) is 0 Å². The maximum Gasteiger partial charge on any atom is 0.137 e. The largest absolute Gasteiger partial charge is 0.456 e. The van der Waals surface area contributed by atoms with Crippen molar-refractivity contribution in [3.05, 3.63) is 170 Å². The normalized spacial score (nSPS) is 12.0. The minimum absolute atomic E-state index is 0.874. The highest BCUT2D eigenvalue weighted by Crippen LogP contribution is 2.49. The van der Waals surface area contributed by atoms with Gasteiger partial charge in [0.05, 0.1) is 32.8 Å². The Kier molecular flexibility index (Phi) is 5.83. The lowest BCUT2D eigenvalue weighted by atomic mass is 10.0. The molecule has 3 nitrogen and oxygen atoms in total. The summed E-state index contributed by atoms with van der Waals surface area (Å²) in [6, 6.07) is 61.2. The molecule has 0 saturated heterocycles. The lowest BCUT2D eigenvalue weighted by molar-refractivity contribution is 0.669. The maximum absolute atomic E-state index is 6.50. The first-order chi connectivity index (χ1) is 24.8. The molecule has 0 amide bonds. The molecule has 0 unspecified atom stereocenters. The van der Waals surface area contributed by atoms with Gasteiger partial charge in [-0.1, -0.05) is 115 Å². The molecule has 11 rings (SSSR count). The summed E-state index contributed by atoms with van der Waals surface area (Å²) in [4.78, 5) is 2.45.